The number of rotatable bonds is 6. The Bertz CT molecular complexity index is 619. The van der Waals surface area contributed by atoms with Crippen molar-refractivity contribution < 1.29 is 0 Å². The summed E-state index contributed by atoms with van der Waals surface area (Å²) >= 11 is 5.27. The minimum absolute atomic E-state index is 0.705. The lowest BCUT2D eigenvalue weighted by Crippen LogP contribution is -2.35. The molecular weight excluding hydrogens is 292 g/mol. The minimum Gasteiger partial charge on any atom is -0.363 e. The highest BCUT2D eigenvalue weighted by molar-refractivity contribution is 7.80. The fraction of sp³-hybridized carbons (Fsp3) is 0.412. The molecular formula is C17H24N4S. The Morgan fingerprint density at radius 1 is 1.18 bits per heavy atom. The number of benzene rings is 1. The van der Waals surface area contributed by atoms with Crippen molar-refractivity contribution in [2.75, 3.05) is 6.54 Å². The van der Waals surface area contributed by atoms with Crippen LogP contribution >= 0.6 is 12.2 Å². The monoisotopic (exact) mass is 316 g/mol. The van der Waals surface area contributed by atoms with E-state index in [4.69, 9.17) is 12.2 Å². The molecule has 0 unspecified atom stereocenters. The Labute approximate surface area is 137 Å². The summed E-state index contributed by atoms with van der Waals surface area (Å²) < 4.78 is 2.06. The third-order valence-electron chi connectivity index (χ3n) is 3.67. The Kier molecular flexibility index (Phi) is 5.95. The summed E-state index contributed by atoms with van der Waals surface area (Å²) in [5.74, 6) is 0. The molecule has 2 aromatic rings. The molecule has 0 aliphatic heterocycles. The van der Waals surface area contributed by atoms with Crippen molar-refractivity contribution in [3.8, 4) is 0 Å². The zero-order chi connectivity index (χ0) is 15.9. The third kappa shape index (κ3) is 4.31. The van der Waals surface area contributed by atoms with E-state index >= 15 is 0 Å². The standard InChI is InChI=1S/C17H24N4S/c1-4-10-18-17(22)19-11-16-13(2)20-21(14(16)3)12-15-8-6-5-7-9-15/h5-9H,4,10-12H2,1-3H3,(H2,18,19,22). The van der Waals surface area contributed by atoms with Crippen molar-refractivity contribution in [1.82, 2.24) is 20.4 Å². The van der Waals surface area contributed by atoms with Gasteiger partial charge in [-0.1, -0.05) is 37.3 Å². The molecule has 0 aliphatic carbocycles. The molecule has 0 amide bonds. The molecule has 1 aromatic carbocycles. The molecule has 0 atom stereocenters. The zero-order valence-corrected chi connectivity index (χ0v) is 14.3. The number of thiocarbonyl (C=S) groups is 1. The van der Waals surface area contributed by atoms with Gasteiger partial charge in [0, 0.05) is 24.3 Å². The fourth-order valence-electron chi connectivity index (χ4n) is 2.37. The minimum atomic E-state index is 0.705. The number of hydrogen-bond acceptors (Lipinski definition) is 2. The van der Waals surface area contributed by atoms with Gasteiger partial charge in [0.2, 0.25) is 0 Å². The summed E-state index contributed by atoms with van der Waals surface area (Å²) in [6.45, 7) is 8.69. The number of aryl methyl sites for hydroxylation is 1. The van der Waals surface area contributed by atoms with E-state index in [0.29, 0.717) is 11.7 Å². The lowest BCUT2D eigenvalue weighted by Gasteiger charge is -2.10. The molecule has 5 heteroatoms. The van der Waals surface area contributed by atoms with Crippen LogP contribution in [0.2, 0.25) is 0 Å². The van der Waals surface area contributed by atoms with Crippen LogP contribution in [0.4, 0.5) is 0 Å². The normalized spacial score (nSPS) is 10.5. The van der Waals surface area contributed by atoms with Crippen molar-refractivity contribution >= 4 is 17.3 Å². The molecule has 118 valence electrons. The van der Waals surface area contributed by atoms with Gasteiger partial charge in [-0.05, 0) is 38.0 Å². The third-order valence-corrected chi connectivity index (χ3v) is 3.96. The van der Waals surface area contributed by atoms with Crippen molar-refractivity contribution in [1.29, 1.82) is 0 Å². The van der Waals surface area contributed by atoms with Gasteiger partial charge >= 0.3 is 0 Å². The predicted octanol–water partition coefficient (Wildman–Crippen LogP) is 2.92. The van der Waals surface area contributed by atoms with Crippen LogP contribution in [0.1, 0.15) is 35.9 Å². The molecule has 4 nitrogen and oxygen atoms in total. The Morgan fingerprint density at radius 3 is 2.59 bits per heavy atom. The van der Waals surface area contributed by atoms with Crippen LogP contribution in [-0.4, -0.2) is 21.4 Å². The SMILES string of the molecule is CCCNC(=S)NCc1c(C)nn(Cc2ccccc2)c1C. The predicted molar refractivity (Wildman–Crippen MR) is 95.0 cm³/mol. The smallest absolute Gasteiger partial charge is 0.166 e. The van der Waals surface area contributed by atoms with E-state index in [1.807, 2.05) is 13.0 Å². The van der Waals surface area contributed by atoms with Crippen LogP contribution in [0.25, 0.3) is 0 Å². The van der Waals surface area contributed by atoms with Crippen LogP contribution in [0.15, 0.2) is 30.3 Å². The first-order valence-electron chi connectivity index (χ1n) is 7.70. The highest BCUT2D eigenvalue weighted by Gasteiger charge is 2.11. The van der Waals surface area contributed by atoms with Crippen LogP contribution in [0, 0.1) is 13.8 Å². The summed E-state index contributed by atoms with van der Waals surface area (Å²) in [7, 11) is 0. The van der Waals surface area contributed by atoms with Crippen molar-refractivity contribution in [2.24, 2.45) is 0 Å². The van der Waals surface area contributed by atoms with Gasteiger partial charge in [-0.2, -0.15) is 5.10 Å². The van der Waals surface area contributed by atoms with Crippen LogP contribution in [-0.2, 0) is 13.1 Å². The van der Waals surface area contributed by atoms with Crippen LogP contribution in [0.5, 0.6) is 0 Å². The maximum atomic E-state index is 5.27. The molecule has 0 aliphatic rings. The van der Waals surface area contributed by atoms with E-state index in [0.717, 1.165) is 25.2 Å². The van der Waals surface area contributed by atoms with Gasteiger partial charge in [0.1, 0.15) is 0 Å². The summed E-state index contributed by atoms with van der Waals surface area (Å²) in [4.78, 5) is 0. The van der Waals surface area contributed by atoms with Gasteiger partial charge in [0.25, 0.3) is 0 Å². The quantitative estimate of drug-likeness (QED) is 0.804. The number of hydrogen-bond donors (Lipinski definition) is 2. The van der Waals surface area contributed by atoms with E-state index in [9.17, 15) is 0 Å². The number of nitrogens with one attached hydrogen (secondary N) is 2. The first kappa shape index (κ1) is 16.5. The Hall–Kier alpha value is -1.88. The first-order valence-corrected chi connectivity index (χ1v) is 8.11. The molecule has 1 aromatic heterocycles. The molecule has 22 heavy (non-hydrogen) atoms. The average molecular weight is 316 g/mol. The average Bonchev–Trinajstić information content (AvgIpc) is 2.78. The highest BCUT2D eigenvalue weighted by atomic mass is 32.1. The molecule has 2 rings (SSSR count). The van der Waals surface area contributed by atoms with Crippen molar-refractivity contribution in [3.05, 3.63) is 52.8 Å². The fourth-order valence-corrected chi connectivity index (χ4v) is 2.54. The first-order chi connectivity index (χ1) is 10.6. The van der Waals surface area contributed by atoms with Crippen molar-refractivity contribution in [3.63, 3.8) is 0 Å². The summed E-state index contributed by atoms with van der Waals surface area (Å²) in [6.07, 6.45) is 1.06. The Morgan fingerprint density at radius 2 is 1.91 bits per heavy atom. The topological polar surface area (TPSA) is 41.9 Å². The van der Waals surface area contributed by atoms with E-state index < -0.39 is 0 Å². The molecule has 0 saturated carbocycles. The second-order valence-electron chi connectivity index (χ2n) is 5.40. The molecule has 0 saturated heterocycles. The lowest BCUT2D eigenvalue weighted by molar-refractivity contribution is 0.657. The molecule has 0 radical (unpaired) electrons. The van der Waals surface area contributed by atoms with Crippen LogP contribution < -0.4 is 10.6 Å². The number of aromatic nitrogens is 2. The largest absolute Gasteiger partial charge is 0.363 e. The van der Waals surface area contributed by atoms with E-state index in [1.54, 1.807) is 0 Å². The van der Waals surface area contributed by atoms with Crippen LogP contribution in [0.3, 0.4) is 0 Å². The lowest BCUT2D eigenvalue weighted by atomic mass is 10.2. The van der Waals surface area contributed by atoms with Gasteiger partial charge < -0.3 is 10.6 Å². The number of nitrogens with zero attached hydrogens (tertiary/aromatic N) is 2. The van der Waals surface area contributed by atoms with E-state index in [2.05, 4.69) is 58.5 Å². The van der Waals surface area contributed by atoms with Gasteiger partial charge in [-0.3, -0.25) is 4.68 Å². The van der Waals surface area contributed by atoms with Gasteiger partial charge in [-0.25, -0.2) is 0 Å². The summed E-state index contributed by atoms with van der Waals surface area (Å²) in [5, 5.41) is 11.8. The maximum Gasteiger partial charge on any atom is 0.166 e. The zero-order valence-electron chi connectivity index (χ0n) is 13.5. The molecule has 0 spiro atoms. The summed E-state index contributed by atoms with van der Waals surface area (Å²) in [5.41, 5.74) is 4.72. The van der Waals surface area contributed by atoms with Gasteiger partial charge in [0.15, 0.2) is 5.11 Å². The Balaban J connectivity index is 2.02. The van der Waals surface area contributed by atoms with Crippen molar-refractivity contribution in [2.45, 2.75) is 40.3 Å². The molecule has 1 heterocycles. The maximum absolute atomic E-state index is 5.27. The second-order valence-corrected chi connectivity index (χ2v) is 5.81. The summed E-state index contributed by atoms with van der Waals surface area (Å²) in [6, 6.07) is 10.4. The second kappa shape index (κ2) is 7.94. The van der Waals surface area contributed by atoms with E-state index in [-0.39, 0.29) is 0 Å². The van der Waals surface area contributed by atoms with E-state index in [1.165, 1.54) is 16.8 Å². The highest BCUT2D eigenvalue weighted by Crippen LogP contribution is 2.14. The molecule has 0 bridgehead atoms. The molecule has 0 fully saturated rings. The molecule has 2 N–H and O–H groups in total. The van der Waals surface area contributed by atoms with Gasteiger partial charge in [-0.15, -0.1) is 0 Å². The van der Waals surface area contributed by atoms with Gasteiger partial charge in [0.05, 0.1) is 12.2 Å².